The number of carbonyl (C=O) groups is 1. The van der Waals surface area contributed by atoms with Crippen LogP contribution >= 0.6 is 11.3 Å². The van der Waals surface area contributed by atoms with Crippen molar-refractivity contribution in [2.45, 2.75) is 59.0 Å². The number of aromatic nitrogens is 2. The molecule has 2 aliphatic heterocycles. The second-order valence-electron chi connectivity index (χ2n) is 8.55. The normalized spacial score (nSPS) is 21.1. The first kappa shape index (κ1) is 20.3. The van der Waals surface area contributed by atoms with Crippen LogP contribution in [0.3, 0.4) is 0 Å². The molecule has 2 aliphatic rings. The number of thiazole rings is 1. The average molecular weight is 441 g/mol. The fourth-order valence-electron chi connectivity index (χ4n) is 4.52. The number of fused-ring (bicyclic) bond motifs is 2. The third-order valence-electron chi connectivity index (χ3n) is 6.19. The van der Waals surface area contributed by atoms with E-state index in [0.717, 1.165) is 45.2 Å². The van der Waals surface area contributed by atoms with E-state index >= 15 is 0 Å². The maximum atomic E-state index is 14.7. The summed E-state index contributed by atoms with van der Waals surface area (Å²) in [5.41, 5.74) is 3.52. The maximum Gasteiger partial charge on any atom is 0.220 e. The molecule has 1 amide bonds. The van der Waals surface area contributed by atoms with Crippen molar-refractivity contribution < 1.29 is 13.9 Å². The Morgan fingerprint density at radius 3 is 2.97 bits per heavy atom. The Balaban J connectivity index is 1.26. The third-order valence-corrected chi connectivity index (χ3v) is 7.12. The Hall–Kier alpha value is -2.58. The van der Waals surface area contributed by atoms with Gasteiger partial charge in [-0.3, -0.25) is 14.7 Å². The average Bonchev–Trinajstić information content (AvgIpc) is 3.38. The molecule has 3 aromatic rings. The summed E-state index contributed by atoms with van der Waals surface area (Å²) >= 11 is 1.52. The minimum Gasteiger partial charge on any atom is -0.487 e. The predicted octanol–water partition coefficient (Wildman–Crippen LogP) is 4.04. The number of pyridine rings is 1. The van der Waals surface area contributed by atoms with E-state index in [2.05, 4.69) is 21.8 Å². The molecule has 6 nitrogen and oxygen atoms in total. The van der Waals surface area contributed by atoms with Crippen molar-refractivity contribution in [2.75, 3.05) is 6.54 Å². The van der Waals surface area contributed by atoms with E-state index in [-0.39, 0.29) is 23.9 Å². The van der Waals surface area contributed by atoms with Gasteiger partial charge < -0.3 is 9.64 Å². The molecule has 1 aromatic carbocycles. The molecule has 0 bridgehead atoms. The Morgan fingerprint density at radius 2 is 2.16 bits per heavy atom. The molecule has 2 aromatic heterocycles. The molecule has 5 rings (SSSR count). The van der Waals surface area contributed by atoms with Gasteiger partial charge in [-0.25, -0.2) is 9.37 Å². The highest BCUT2D eigenvalue weighted by Gasteiger charge is 2.31. The molecule has 0 unspecified atom stereocenters. The van der Waals surface area contributed by atoms with Crippen molar-refractivity contribution in [3.63, 3.8) is 0 Å². The van der Waals surface area contributed by atoms with E-state index in [1.165, 1.54) is 11.3 Å². The number of carbonyl (C=O) groups excluding carboxylic acids is 1. The van der Waals surface area contributed by atoms with Gasteiger partial charge in [-0.1, -0.05) is 0 Å². The van der Waals surface area contributed by atoms with Gasteiger partial charge in [0, 0.05) is 44.6 Å². The summed E-state index contributed by atoms with van der Waals surface area (Å²) in [7, 11) is 0. The predicted molar refractivity (Wildman–Crippen MR) is 117 cm³/mol. The van der Waals surface area contributed by atoms with E-state index in [9.17, 15) is 9.18 Å². The van der Waals surface area contributed by atoms with Gasteiger partial charge in [0.25, 0.3) is 0 Å². The van der Waals surface area contributed by atoms with Crippen LogP contribution in [0.2, 0.25) is 0 Å². The molecule has 8 heteroatoms. The number of rotatable bonds is 4. The number of likely N-dealkylation sites (tertiary alicyclic amines) is 1. The summed E-state index contributed by atoms with van der Waals surface area (Å²) < 4.78 is 21.8. The standard InChI is InChI=1S/C23H25FN4O2S/c1-13-4-19(30-18-5-17-10-28(15(3)29)12-22(17)25-8-18)11-27(13)9-16-6-21-23(7-20(16)24)31-14(2)26-21/h5-8,13,19H,4,9-12H2,1-3H3/t13-,19+/m0/s1. The molecule has 162 valence electrons. The van der Waals surface area contributed by atoms with Gasteiger partial charge in [-0.15, -0.1) is 11.3 Å². The molecule has 4 heterocycles. The van der Waals surface area contributed by atoms with E-state index in [1.54, 1.807) is 24.1 Å². The largest absolute Gasteiger partial charge is 0.487 e. The first-order valence-corrected chi connectivity index (χ1v) is 11.4. The molecular weight excluding hydrogens is 415 g/mol. The number of ether oxygens (including phenoxy) is 1. The second kappa shape index (κ2) is 7.84. The van der Waals surface area contributed by atoms with Crippen LogP contribution in [0.5, 0.6) is 5.75 Å². The van der Waals surface area contributed by atoms with Gasteiger partial charge in [-0.05, 0) is 37.6 Å². The first-order valence-electron chi connectivity index (χ1n) is 10.6. The number of hydrogen-bond acceptors (Lipinski definition) is 6. The SMILES string of the molecule is CC(=O)N1Cc2cc(O[C@@H]3C[C@H](C)N(Cc4cc5nc(C)sc5cc4F)C3)cnc2C1. The van der Waals surface area contributed by atoms with Crippen molar-refractivity contribution in [1.29, 1.82) is 0 Å². The van der Waals surface area contributed by atoms with Gasteiger partial charge in [-0.2, -0.15) is 0 Å². The van der Waals surface area contributed by atoms with Crippen molar-refractivity contribution in [3.8, 4) is 5.75 Å². The highest BCUT2D eigenvalue weighted by molar-refractivity contribution is 7.18. The quantitative estimate of drug-likeness (QED) is 0.613. The number of hydrogen-bond donors (Lipinski definition) is 0. The Morgan fingerprint density at radius 1 is 1.32 bits per heavy atom. The van der Waals surface area contributed by atoms with Crippen LogP contribution < -0.4 is 4.74 Å². The van der Waals surface area contributed by atoms with Crippen molar-refractivity contribution >= 4 is 27.5 Å². The van der Waals surface area contributed by atoms with E-state index in [0.29, 0.717) is 25.2 Å². The fourth-order valence-corrected chi connectivity index (χ4v) is 5.35. The zero-order valence-electron chi connectivity index (χ0n) is 17.9. The maximum absolute atomic E-state index is 14.7. The highest BCUT2D eigenvalue weighted by atomic mass is 32.1. The number of nitrogens with zero attached hydrogens (tertiary/aromatic N) is 4. The summed E-state index contributed by atoms with van der Waals surface area (Å²) in [6.07, 6.45) is 2.64. The first-order chi connectivity index (χ1) is 14.9. The smallest absolute Gasteiger partial charge is 0.220 e. The summed E-state index contributed by atoms with van der Waals surface area (Å²) in [6.45, 7) is 8.08. The Kier molecular flexibility index (Phi) is 5.14. The lowest BCUT2D eigenvalue weighted by Crippen LogP contribution is -2.28. The number of amides is 1. The monoisotopic (exact) mass is 440 g/mol. The number of halogens is 1. The highest BCUT2D eigenvalue weighted by Crippen LogP contribution is 2.30. The Labute approximate surface area is 184 Å². The minimum absolute atomic E-state index is 0.0217. The van der Waals surface area contributed by atoms with Crippen LogP contribution in [0.25, 0.3) is 10.2 Å². The zero-order chi connectivity index (χ0) is 21.7. The number of aryl methyl sites for hydroxylation is 1. The van der Waals surface area contributed by atoms with Crippen LogP contribution in [-0.4, -0.2) is 44.4 Å². The molecule has 1 saturated heterocycles. The topological polar surface area (TPSA) is 58.6 Å². The summed E-state index contributed by atoms with van der Waals surface area (Å²) in [4.78, 5) is 24.7. The van der Waals surface area contributed by atoms with Crippen molar-refractivity contribution in [1.82, 2.24) is 19.8 Å². The van der Waals surface area contributed by atoms with Gasteiger partial charge in [0.05, 0.1) is 33.7 Å². The molecule has 0 N–H and O–H groups in total. The third kappa shape index (κ3) is 4.02. The van der Waals surface area contributed by atoms with Gasteiger partial charge >= 0.3 is 0 Å². The molecule has 0 aliphatic carbocycles. The molecule has 2 atom stereocenters. The zero-order valence-corrected chi connectivity index (χ0v) is 18.7. The number of benzene rings is 1. The molecule has 0 saturated carbocycles. The lowest BCUT2D eigenvalue weighted by Gasteiger charge is -2.21. The lowest BCUT2D eigenvalue weighted by atomic mass is 10.1. The van der Waals surface area contributed by atoms with E-state index in [4.69, 9.17) is 4.74 Å². The van der Waals surface area contributed by atoms with Crippen LogP contribution in [0, 0.1) is 12.7 Å². The summed E-state index contributed by atoms with van der Waals surface area (Å²) in [5.74, 6) is 0.610. The van der Waals surface area contributed by atoms with Gasteiger partial charge in [0.2, 0.25) is 5.91 Å². The van der Waals surface area contributed by atoms with Crippen molar-refractivity contribution in [3.05, 3.63) is 52.0 Å². The Bertz CT molecular complexity index is 1160. The molecule has 1 fully saturated rings. The second-order valence-corrected chi connectivity index (χ2v) is 9.78. The van der Waals surface area contributed by atoms with E-state index in [1.807, 2.05) is 19.1 Å². The van der Waals surface area contributed by atoms with Crippen LogP contribution in [0.4, 0.5) is 4.39 Å². The van der Waals surface area contributed by atoms with Crippen LogP contribution in [0.1, 0.15) is 42.1 Å². The van der Waals surface area contributed by atoms with Crippen molar-refractivity contribution in [2.24, 2.45) is 0 Å². The lowest BCUT2D eigenvalue weighted by molar-refractivity contribution is -0.129. The van der Waals surface area contributed by atoms with Gasteiger partial charge in [0.15, 0.2) is 0 Å². The summed E-state index contributed by atoms with van der Waals surface area (Å²) in [6, 6.07) is 5.76. The van der Waals surface area contributed by atoms with Crippen LogP contribution in [0.15, 0.2) is 24.4 Å². The van der Waals surface area contributed by atoms with E-state index < -0.39 is 0 Å². The molecule has 0 spiro atoms. The molecular formula is C23H25FN4O2S. The fraction of sp³-hybridized carbons (Fsp3) is 0.435. The molecule has 31 heavy (non-hydrogen) atoms. The van der Waals surface area contributed by atoms with Gasteiger partial charge in [0.1, 0.15) is 17.7 Å². The summed E-state index contributed by atoms with van der Waals surface area (Å²) in [5, 5.41) is 0.948. The minimum atomic E-state index is -0.175. The van der Waals surface area contributed by atoms with Crippen LogP contribution in [-0.2, 0) is 24.4 Å². The molecule has 0 radical (unpaired) electrons.